The van der Waals surface area contributed by atoms with Crippen molar-refractivity contribution in [2.45, 2.75) is 44.2 Å². The van der Waals surface area contributed by atoms with Crippen LogP contribution in [0.1, 0.15) is 59.6 Å². The first-order valence-electron chi connectivity index (χ1n) is 8.99. The first kappa shape index (κ1) is 17.9. The number of fused-ring (bicyclic) bond motifs is 1. The van der Waals surface area contributed by atoms with E-state index >= 15 is 0 Å². The standard InChI is InChI=1S/C22H23NO.ClH/c24-22-19-14-8-7-13-18(19)21(23-17-11-5-2-6-12-17)20(22)15-16-9-3-1-4-10-16;/h1,3-4,7-10,13-15,17,21,23H,2,5-6,11-12H2;1H. The van der Waals surface area contributed by atoms with Crippen LogP contribution in [0.3, 0.4) is 0 Å². The fourth-order valence-corrected chi connectivity index (χ4v) is 3.97. The Balaban J connectivity index is 0.00000182. The van der Waals surface area contributed by atoms with Gasteiger partial charge >= 0.3 is 0 Å². The van der Waals surface area contributed by atoms with Crippen LogP contribution in [0, 0.1) is 0 Å². The largest absolute Gasteiger partial charge is 0.303 e. The van der Waals surface area contributed by atoms with E-state index in [2.05, 4.69) is 29.6 Å². The summed E-state index contributed by atoms with van der Waals surface area (Å²) in [7, 11) is 0. The fourth-order valence-electron chi connectivity index (χ4n) is 3.97. The molecule has 130 valence electrons. The second-order valence-electron chi connectivity index (χ2n) is 6.86. The number of hydrogen-bond donors (Lipinski definition) is 1. The molecule has 0 spiro atoms. The first-order valence-corrected chi connectivity index (χ1v) is 8.99. The Labute approximate surface area is 155 Å². The number of benzene rings is 2. The maximum Gasteiger partial charge on any atom is 0.191 e. The highest BCUT2D eigenvalue weighted by Gasteiger charge is 2.35. The number of carbonyl (C=O) groups excluding carboxylic acids is 1. The van der Waals surface area contributed by atoms with Crippen LogP contribution in [0.5, 0.6) is 0 Å². The van der Waals surface area contributed by atoms with E-state index in [1.54, 1.807) is 0 Å². The van der Waals surface area contributed by atoms with Gasteiger partial charge in [-0.05, 0) is 30.0 Å². The number of halogens is 1. The molecule has 2 aliphatic carbocycles. The number of ketones is 1. The quantitative estimate of drug-likeness (QED) is 0.753. The van der Waals surface area contributed by atoms with Crippen LogP contribution in [-0.4, -0.2) is 11.8 Å². The Morgan fingerprint density at radius 3 is 2.32 bits per heavy atom. The molecule has 0 saturated heterocycles. The summed E-state index contributed by atoms with van der Waals surface area (Å²) in [4.78, 5) is 12.9. The maximum absolute atomic E-state index is 12.9. The predicted octanol–water partition coefficient (Wildman–Crippen LogP) is 5.35. The van der Waals surface area contributed by atoms with Gasteiger partial charge in [-0.2, -0.15) is 0 Å². The van der Waals surface area contributed by atoms with Crippen LogP contribution >= 0.6 is 12.4 Å². The highest BCUT2D eigenvalue weighted by molar-refractivity contribution is 6.16. The Bertz CT molecular complexity index is 763. The molecular weight excluding hydrogens is 330 g/mol. The minimum Gasteiger partial charge on any atom is -0.303 e. The SMILES string of the molecule is Cl.O=C1C(=Cc2ccccc2)C(NC2CCCCC2)c2ccccc21. The lowest BCUT2D eigenvalue weighted by atomic mass is 9.93. The zero-order valence-electron chi connectivity index (χ0n) is 14.3. The first-order chi connectivity index (χ1) is 11.8. The molecule has 2 aromatic rings. The summed E-state index contributed by atoms with van der Waals surface area (Å²) >= 11 is 0. The summed E-state index contributed by atoms with van der Waals surface area (Å²) in [5, 5.41) is 3.79. The van der Waals surface area contributed by atoms with Crippen LogP contribution in [0.4, 0.5) is 0 Å². The molecule has 2 aromatic carbocycles. The average molecular weight is 354 g/mol. The Hall–Kier alpha value is -1.90. The number of Topliss-reactive ketones (excluding diaryl/α,β-unsaturated/α-hetero) is 1. The van der Waals surface area contributed by atoms with Crippen LogP contribution < -0.4 is 5.32 Å². The van der Waals surface area contributed by atoms with Crippen LogP contribution in [-0.2, 0) is 0 Å². The van der Waals surface area contributed by atoms with Crippen LogP contribution in [0.25, 0.3) is 6.08 Å². The fraction of sp³-hybridized carbons (Fsp3) is 0.318. The van der Waals surface area contributed by atoms with Crippen molar-refractivity contribution in [1.82, 2.24) is 5.32 Å². The molecular formula is C22H24ClNO. The molecule has 0 radical (unpaired) electrons. The maximum atomic E-state index is 12.9. The Kier molecular flexibility index (Phi) is 5.72. The minimum atomic E-state index is 0. The normalized spacial score (nSPS) is 21.8. The van der Waals surface area contributed by atoms with E-state index in [0.29, 0.717) is 6.04 Å². The van der Waals surface area contributed by atoms with E-state index in [4.69, 9.17) is 0 Å². The molecule has 1 N–H and O–H groups in total. The van der Waals surface area contributed by atoms with Gasteiger partial charge in [0.15, 0.2) is 5.78 Å². The van der Waals surface area contributed by atoms with Crippen molar-refractivity contribution in [2.24, 2.45) is 0 Å². The van der Waals surface area contributed by atoms with Gasteiger partial charge in [0.05, 0.1) is 6.04 Å². The van der Waals surface area contributed by atoms with E-state index in [1.165, 1.54) is 32.1 Å². The molecule has 1 atom stereocenters. The molecule has 2 aliphatic rings. The van der Waals surface area contributed by atoms with E-state index in [1.807, 2.05) is 36.4 Å². The summed E-state index contributed by atoms with van der Waals surface area (Å²) in [6.45, 7) is 0. The highest BCUT2D eigenvalue weighted by atomic mass is 35.5. The van der Waals surface area contributed by atoms with Gasteiger partial charge in [0, 0.05) is 17.2 Å². The van der Waals surface area contributed by atoms with Crippen molar-refractivity contribution in [1.29, 1.82) is 0 Å². The second kappa shape index (κ2) is 7.99. The summed E-state index contributed by atoms with van der Waals surface area (Å²) in [6, 6.07) is 18.7. The lowest BCUT2D eigenvalue weighted by molar-refractivity contribution is 0.103. The third-order valence-electron chi connectivity index (χ3n) is 5.22. The van der Waals surface area contributed by atoms with Gasteiger partial charge in [-0.1, -0.05) is 73.9 Å². The van der Waals surface area contributed by atoms with Crippen molar-refractivity contribution >= 4 is 24.3 Å². The highest BCUT2D eigenvalue weighted by Crippen LogP contribution is 2.38. The topological polar surface area (TPSA) is 29.1 Å². The molecule has 3 heteroatoms. The van der Waals surface area contributed by atoms with E-state index in [0.717, 1.165) is 22.3 Å². The number of hydrogen-bond acceptors (Lipinski definition) is 2. The van der Waals surface area contributed by atoms with E-state index in [9.17, 15) is 4.79 Å². The van der Waals surface area contributed by atoms with Crippen LogP contribution in [0.2, 0.25) is 0 Å². The van der Waals surface area contributed by atoms with Gasteiger partial charge in [0.25, 0.3) is 0 Å². The van der Waals surface area contributed by atoms with Gasteiger partial charge < -0.3 is 5.32 Å². The molecule has 0 aromatic heterocycles. The Morgan fingerprint density at radius 1 is 0.880 bits per heavy atom. The minimum absolute atomic E-state index is 0. The lowest BCUT2D eigenvalue weighted by Gasteiger charge is -2.27. The zero-order valence-corrected chi connectivity index (χ0v) is 15.1. The third kappa shape index (κ3) is 3.70. The molecule has 0 heterocycles. The molecule has 0 amide bonds. The lowest BCUT2D eigenvalue weighted by Crippen LogP contribution is -2.34. The summed E-state index contributed by atoms with van der Waals surface area (Å²) in [6.07, 6.45) is 8.40. The molecule has 0 bridgehead atoms. The monoisotopic (exact) mass is 353 g/mol. The number of nitrogens with one attached hydrogen (secondary N) is 1. The molecule has 1 fully saturated rings. The second-order valence-corrected chi connectivity index (χ2v) is 6.86. The van der Waals surface area contributed by atoms with E-state index < -0.39 is 0 Å². The van der Waals surface area contributed by atoms with Gasteiger partial charge in [-0.3, -0.25) is 4.79 Å². The molecule has 4 rings (SSSR count). The van der Waals surface area contributed by atoms with Crippen LogP contribution in [0.15, 0.2) is 60.2 Å². The van der Waals surface area contributed by atoms with Gasteiger partial charge in [-0.25, -0.2) is 0 Å². The zero-order chi connectivity index (χ0) is 16.4. The van der Waals surface area contributed by atoms with Crippen molar-refractivity contribution < 1.29 is 4.79 Å². The molecule has 0 aliphatic heterocycles. The van der Waals surface area contributed by atoms with Crippen molar-refractivity contribution in [2.75, 3.05) is 0 Å². The molecule has 2 nitrogen and oxygen atoms in total. The molecule has 25 heavy (non-hydrogen) atoms. The third-order valence-corrected chi connectivity index (χ3v) is 5.22. The molecule has 1 saturated carbocycles. The summed E-state index contributed by atoms with van der Waals surface area (Å²) in [5.41, 5.74) is 3.96. The number of rotatable bonds is 3. The molecule has 1 unspecified atom stereocenters. The van der Waals surface area contributed by atoms with Crippen molar-refractivity contribution in [3.8, 4) is 0 Å². The van der Waals surface area contributed by atoms with Gasteiger partial charge in [0.1, 0.15) is 0 Å². The number of carbonyl (C=O) groups is 1. The van der Waals surface area contributed by atoms with Gasteiger partial charge in [0.2, 0.25) is 0 Å². The smallest absolute Gasteiger partial charge is 0.191 e. The summed E-state index contributed by atoms with van der Waals surface area (Å²) < 4.78 is 0. The average Bonchev–Trinajstić information content (AvgIpc) is 2.90. The predicted molar refractivity (Wildman–Crippen MR) is 105 cm³/mol. The van der Waals surface area contributed by atoms with Gasteiger partial charge in [-0.15, -0.1) is 12.4 Å². The Morgan fingerprint density at radius 2 is 1.56 bits per heavy atom. The van der Waals surface area contributed by atoms with Crippen molar-refractivity contribution in [3.05, 3.63) is 76.9 Å². The summed E-state index contributed by atoms with van der Waals surface area (Å²) in [5.74, 6) is 0.169. The van der Waals surface area contributed by atoms with E-state index in [-0.39, 0.29) is 24.2 Å². The van der Waals surface area contributed by atoms with Crippen molar-refractivity contribution in [3.63, 3.8) is 0 Å².